The second-order valence-corrected chi connectivity index (χ2v) is 5.91. The van der Waals surface area contributed by atoms with Gasteiger partial charge >= 0.3 is 0 Å². The fourth-order valence-electron chi connectivity index (χ4n) is 3.03. The van der Waals surface area contributed by atoms with Crippen molar-refractivity contribution < 1.29 is 14.1 Å². The largest absolute Gasteiger partial charge is 0.380 e. The average Bonchev–Trinajstić information content (AvgIpc) is 3.20. The number of hydrogen-bond acceptors (Lipinski definition) is 5. The minimum atomic E-state index is -0.224. The summed E-state index contributed by atoms with van der Waals surface area (Å²) in [7, 11) is 1.66. The van der Waals surface area contributed by atoms with E-state index in [-0.39, 0.29) is 24.0 Å². The maximum absolute atomic E-state index is 13.0. The molecule has 1 aromatic heterocycles. The molecule has 1 fully saturated rings. The maximum Gasteiger partial charge on any atom is 0.249 e. The van der Waals surface area contributed by atoms with Crippen molar-refractivity contribution in [2.45, 2.75) is 38.3 Å². The second kappa shape index (κ2) is 6.50. The van der Waals surface area contributed by atoms with Crippen LogP contribution >= 0.6 is 0 Å². The molecule has 0 bridgehead atoms. The van der Waals surface area contributed by atoms with Crippen LogP contribution in [0.25, 0.3) is 0 Å². The monoisotopic (exact) mass is 315 g/mol. The molecule has 23 heavy (non-hydrogen) atoms. The minimum Gasteiger partial charge on any atom is -0.380 e. The van der Waals surface area contributed by atoms with Crippen LogP contribution in [0.3, 0.4) is 0 Å². The van der Waals surface area contributed by atoms with E-state index in [2.05, 4.69) is 10.1 Å². The van der Waals surface area contributed by atoms with Crippen molar-refractivity contribution in [3.05, 3.63) is 47.6 Å². The highest BCUT2D eigenvalue weighted by atomic mass is 16.5. The molecule has 1 aromatic carbocycles. The van der Waals surface area contributed by atoms with E-state index in [0.29, 0.717) is 24.7 Å². The molecule has 0 saturated carbocycles. The summed E-state index contributed by atoms with van der Waals surface area (Å²) in [5, 5.41) is 3.84. The number of carbonyl (C=O) groups is 1. The van der Waals surface area contributed by atoms with Crippen LogP contribution in [0.4, 0.5) is 0 Å². The molecule has 0 aliphatic carbocycles. The number of aromatic nitrogens is 2. The number of likely N-dealkylation sites (tertiary alicyclic amines) is 1. The molecule has 0 N–H and O–H groups in total. The summed E-state index contributed by atoms with van der Waals surface area (Å²) in [6.07, 6.45) is 0.657. The van der Waals surface area contributed by atoms with E-state index in [1.165, 1.54) is 0 Å². The van der Waals surface area contributed by atoms with Gasteiger partial charge in [0.2, 0.25) is 11.8 Å². The van der Waals surface area contributed by atoms with Crippen molar-refractivity contribution in [2.75, 3.05) is 13.7 Å². The van der Waals surface area contributed by atoms with Gasteiger partial charge in [0.15, 0.2) is 5.82 Å². The molecule has 0 spiro atoms. The molecule has 1 aliphatic rings. The van der Waals surface area contributed by atoms with Gasteiger partial charge in [-0.2, -0.15) is 4.98 Å². The predicted molar refractivity (Wildman–Crippen MR) is 83.8 cm³/mol. The first-order valence-electron chi connectivity index (χ1n) is 7.78. The van der Waals surface area contributed by atoms with Crippen LogP contribution in [0.15, 0.2) is 34.9 Å². The lowest BCUT2D eigenvalue weighted by molar-refractivity contribution is -0.134. The number of ether oxygens (including phenoxy) is 1. The summed E-state index contributed by atoms with van der Waals surface area (Å²) >= 11 is 0. The van der Waals surface area contributed by atoms with Gasteiger partial charge in [-0.15, -0.1) is 0 Å². The molecule has 1 aliphatic heterocycles. The highest BCUT2D eigenvalue weighted by Gasteiger charge is 2.40. The average molecular weight is 315 g/mol. The van der Waals surface area contributed by atoms with Crippen molar-refractivity contribution in [3.8, 4) is 0 Å². The Hall–Kier alpha value is -2.21. The van der Waals surface area contributed by atoms with E-state index >= 15 is 0 Å². The fraction of sp³-hybridized carbons (Fsp3) is 0.471. The minimum absolute atomic E-state index is 0.0147. The molecule has 3 rings (SSSR count). The molecule has 2 heterocycles. The Morgan fingerprint density at radius 3 is 2.74 bits per heavy atom. The summed E-state index contributed by atoms with van der Waals surface area (Å²) in [5.74, 6) is 0.884. The highest BCUT2D eigenvalue weighted by molar-refractivity contribution is 5.84. The van der Waals surface area contributed by atoms with Gasteiger partial charge < -0.3 is 14.2 Å². The van der Waals surface area contributed by atoms with Crippen molar-refractivity contribution in [1.29, 1.82) is 0 Å². The normalized spacial score (nSPS) is 22.3. The SMILES string of the molecule is CO[C@H]1C[C@H](c2nc(C)no2)N(C(=O)C(C)c2ccccc2)C1. The lowest BCUT2D eigenvalue weighted by atomic mass is 9.99. The molecule has 3 atom stereocenters. The summed E-state index contributed by atoms with van der Waals surface area (Å²) in [6, 6.07) is 9.55. The number of methoxy groups -OCH3 is 1. The van der Waals surface area contributed by atoms with Crippen molar-refractivity contribution in [1.82, 2.24) is 15.0 Å². The van der Waals surface area contributed by atoms with Crippen molar-refractivity contribution in [2.24, 2.45) is 0 Å². The number of amides is 1. The molecule has 2 aromatic rings. The Morgan fingerprint density at radius 2 is 2.13 bits per heavy atom. The summed E-state index contributed by atoms with van der Waals surface area (Å²) in [4.78, 5) is 19.1. The zero-order valence-corrected chi connectivity index (χ0v) is 13.6. The smallest absolute Gasteiger partial charge is 0.249 e. The van der Waals surface area contributed by atoms with E-state index in [1.54, 1.807) is 18.9 Å². The molecule has 122 valence electrons. The number of benzene rings is 1. The quantitative estimate of drug-likeness (QED) is 0.867. The topological polar surface area (TPSA) is 68.5 Å². The Bertz CT molecular complexity index is 671. The third-order valence-corrected chi connectivity index (χ3v) is 4.38. The number of hydrogen-bond donors (Lipinski definition) is 0. The van der Waals surface area contributed by atoms with E-state index < -0.39 is 0 Å². The van der Waals surface area contributed by atoms with Crippen LogP contribution in [0.1, 0.15) is 42.6 Å². The first kappa shape index (κ1) is 15.7. The third-order valence-electron chi connectivity index (χ3n) is 4.38. The van der Waals surface area contributed by atoms with Gasteiger partial charge in [-0.1, -0.05) is 35.5 Å². The molecule has 1 saturated heterocycles. The number of carbonyl (C=O) groups excluding carboxylic acids is 1. The second-order valence-electron chi connectivity index (χ2n) is 5.91. The van der Waals surface area contributed by atoms with Gasteiger partial charge in [0, 0.05) is 20.1 Å². The van der Waals surface area contributed by atoms with Gasteiger partial charge in [0.05, 0.1) is 12.0 Å². The van der Waals surface area contributed by atoms with Gasteiger partial charge in [0.25, 0.3) is 0 Å². The first-order chi connectivity index (χ1) is 11.1. The molecule has 1 amide bonds. The Morgan fingerprint density at radius 1 is 1.39 bits per heavy atom. The molecular formula is C17H21N3O3. The third kappa shape index (κ3) is 3.12. The van der Waals surface area contributed by atoms with Gasteiger partial charge in [-0.25, -0.2) is 0 Å². The fourth-order valence-corrected chi connectivity index (χ4v) is 3.03. The molecule has 1 unspecified atom stereocenters. The first-order valence-corrected chi connectivity index (χ1v) is 7.78. The molecule has 6 nitrogen and oxygen atoms in total. The molecular weight excluding hydrogens is 294 g/mol. The van der Waals surface area contributed by atoms with Crippen LogP contribution in [0.2, 0.25) is 0 Å². The number of rotatable bonds is 4. The van der Waals surface area contributed by atoms with Crippen molar-refractivity contribution in [3.63, 3.8) is 0 Å². The van der Waals surface area contributed by atoms with E-state index in [4.69, 9.17) is 9.26 Å². The molecule has 0 radical (unpaired) electrons. The lowest BCUT2D eigenvalue weighted by Gasteiger charge is -2.25. The number of nitrogens with zero attached hydrogens (tertiary/aromatic N) is 3. The molecule has 6 heteroatoms. The summed E-state index contributed by atoms with van der Waals surface area (Å²) in [6.45, 7) is 4.24. The maximum atomic E-state index is 13.0. The standard InChI is InChI=1S/C17H21N3O3/c1-11(13-7-5-4-6-8-13)17(21)20-10-14(22-3)9-15(20)16-18-12(2)19-23-16/h4-8,11,14-15H,9-10H2,1-3H3/t11?,14-,15+/m0/s1. The Balaban J connectivity index is 1.84. The van der Waals surface area contributed by atoms with E-state index in [1.807, 2.05) is 37.3 Å². The van der Waals surface area contributed by atoms with E-state index in [9.17, 15) is 4.79 Å². The summed E-state index contributed by atoms with van der Waals surface area (Å²) in [5.41, 5.74) is 0.999. The van der Waals surface area contributed by atoms with Crippen LogP contribution < -0.4 is 0 Å². The Kier molecular flexibility index (Phi) is 4.43. The van der Waals surface area contributed by atoms with Crippen molar-refractivity contribution >= 4 is 5.91 Å². The predicted octanol–water partition coefficient (Wildman–Crippen LogP) is 2.47. The van der Waals surface area contributed by atoms with Crippen LogP contribution in [-0.4, -0.2) is 40.7 Å². The number of aryl methyl sites for hydroxylation is 1. The highest BCUT2D eigenvalue weighted by Crippen LogP contribution is 2.35. The van der Waals surface area contributed by atoms with Gasteiger partial charge in [-0.05, 0) is 19.4 Å². The van der Waals surface area contributed by atoms with Crippen LogP contribution in [0, 0.1) is 6.92 Å². The van der Waals surface area contributed by atoms with Crippen LogP contribution in [0.5, 0.6) is 0 Å². The lowest BCUT2D eigenvalue weighted by Crippen LogP contribution is -2.35. The summed E-state index contributed by atoms with van der Waals surface area (Å²) < 4.78 is 10.7. The van der Waals surface area contributed by atoms with Gasteiger partial charge in [-0.3, -0.25) is 4.79 Å². The van der Waals surface area contributed by atoms with Crippen LogP contribution in [-0.2, 0) is 9.53 Å². The Labute approximate surface area is 135 Å². The van der Waals surface area contributed by atoms with E-state index in [0.717, 1.165) is 5.56 Å². The zero-order valence-electron chi connectivity index (χ0n) is 13.6. The zero-order chi connectivity index (χ0) is 16.4. The van der Waals surface area contributed by atoms with Gasteiger partial charge in [0.1, 0.15) is 6.04 Å².